The van der Waals surface area contributed by atoms with Gasteiger partial charge in [0, 0.05) is 25.4 Å². The molecule has 2 saturated heterocycles. The van der Waals surface area contributed by atoms with Crippen molar-refractivity contribution in [3.63, 3.8) is 0 Å². The van der Waals surface area contributed by atoms with Gasteiger partial charge in [-0.15, -0.1) is 0 Å². The van der Waals surface area contributed by atoms with Gasteiger partial charge in [0.15, 0.2) is 0 Å². The van der Waals surface area contributed by atoms with Crippen LogP contribution in [0.5, 0.6) is 0 Å². The lowest BCUT2D eigenvalue weighted by atomic mass is 9.77. The topological polar surface area (TPSA) is 78.8 Å². The highest BCUT2D eigenvalue weighted by Crippen LogP contribution is 2.44. The third-order valence-electron chi connectivity index (χ3n) is 5.58. The van der Waals surface area contributed by atoms with Crippen LogP contribution in [-0.2, 0) is 9.53 Å². The molecule has 0 saturated carbocycles. The SMILES string of the molecule is CCCCC(O)CNC[C@H]1[C@@H](C/C=C\CCCC(=O)O)[C@H]2CC[C@@H]1O2. The van der Waals surface area contributed by atoms with Gasteiger partial charge in [0.25, 0.3) is 0 Å². The first kappa shape index (κ1) is 20.4. The van der Waals surface area contributed by atoms with E-state index in [1.165, 1.54) is 0 Å². The lowest BCUT2D eigenvalue weighted by Crippen LogP contribution is -2.38. The molecule has 1 unspecified atom stereocenters. The molecule has 2 rings (SSSR count). The van der Waals surface area contributed by atoms with E-state index in [1.54, 1.807) is 0 Å². The maximum atomic E-state index is 10.5. The summed E-state index contributed by atoms with van der Waals surface area (Å²) in [5.41, 5.74) is 0. The number of carboxylic acids is 1. The van der Waals surface area contributed by atoms with Gasteiger partial charge in [0.2, 0.25) is 0 Å². The van der Waals surface area contributed by atoms with E-state index in [0.717, 1.165) is 51.5 Å². The van der Waals surface area contributed by atoms with Crippen LogP contribution in [0.3, 0.4) is 0 Å². The molecule has 0 radical (unpaired) electrons. The van der Waals surface area contributed by atoms with Crippen LogP contribution < -0.4 is 5.32 Å². The van der Waals surface area contributed by atoms with Crippen LogP contribution in [0.4, 0.5) is 0 Å². The molecular weight excluding hydrogens is 318 g/mol. The summed E-state index contributed by atoms with van der Waals surface area (Å²) in [6.45, 7) is 3.74. The van der Waals surface area contributed by atoms with Gasteiger partial charge >= 0.3 is 5.97 Å². The number of hydrogen-bond donors (Lipinski definition) is 3. The number of fused-ring (bicyclic) bond motifs is 2. The third-order valence-corrected chi connectivity index (χ3v) is 5.58. The number of ether oxygens (including phenoxy) is 1. The molecule has 5 nitrogen and oxygen atoms in total. The van der Waals surface area contributed by atoms with Gasteiger partial charge in [-0.25, -0.2) is 0 Å². The molecule has 2 aliphatic rings. The third kappa shape index (κ3) is 6.72. The van der Waals surface area contributed by atoms with E-state index in [4.69, 9.17) is 9.84 Å². The summed E-state index contributed by atoms with van der Waals surface area (Å²) >= 11 is 0. The minimum Gasteiger partial charge on any atom is -0.481 e. The van der Waals surface area contributed by atoms with E-state index < -0.39 is 5.97 Å². The molecule has 2 aliphatic heterocycles. The molecule has 2 heterocycles. The van der Waals surface area contributed by atoms with Crippen LogP contribution in [0.1, 0.15) is 64.7 Å². The number of carbonyl (C=O) groups is 1. The number of hydrogen-bond acceptors (Lipinski definition) is 4. The summed E-state index contributed by atoms with van der Waals surface area (Å²) in [6, 6.07) is 0. The summed E-state index contributed by atoms with van der Waals surface area (Å²) in [6.07, 6.45) is 13.0. The molecule has 2 bridgehead atoms. The molecule has 5 heteroatoms. The van der Waals surface area contributed by atoms with Crippen LogP contribution >= 0.6 is 0 Å². The van der Waals surface area contributed by atoms with Crippen LogP contribution in [0.25, 0.3) is 0 Å². The molecule has 144 valence electrons. The minimum atomic E-state index is -0.720. The smallest absolute Gasteiger partial charge is 0.303 e. The van der Waals surface area contributed by atoms with Crippen molar-refractivity contribution in [1.82, 2.24) is 5.32 Å². The van der Waals surface area contributed by atoms with Gasteiger partial charge in [-0.1, -0.05) is 31.9 Å². The number of nitrogens with one attached hydrogen (secondary N) is 1. The molecule has 2 fully saturated rings. The van der Waals surface area contributed by atoms with Gasteiger partial charge in [-0.3, -0.25) is 4.79 Å². The second-order valence-electron chi connectivity index (χ2n) is 7.57. The Hall–Kier alpha value is -0.910. The van der Waals surface area contributed by atoms with Crippen LogP contribution in [0, 0.1) is 11.8 Å². The van der Waals surface area contributed by atoms with Crippen molar-refractivity contribution in [1.29, 1.82) is 0 Å². The summed E-state index contributed by atoms with van der Waals surface area (Å²) in [5.74, 6) is 0.359. The van der Waals surface area contributed by atoms with Gasteiger partial charge in [0.1, 0.15) is 0 Å². The van der Waals surface area contributed by atoms with Crippen molar-refractivity contribution in [2.24, 2.45) is 11.8 Å². The Morgan fingerprint density at radius 3 is 2.72 bits per heavy atom. The zero-order valence-electron chi connectivity index (χ0n) is 15.5. The molecule has 25 heavy (non-hydrogen) atoms. The Bertz CT molecular complexity index is 426. The first-order chi connectivity index (χ1) is 12.1. The average molecular weight is 354 g/mol. The van der Waals surface area contributed by atoms with Crippen molar-refractivity contribution in [2.45, 2.75) is 83.0 Å². The first-order valence-electron chi connectivity index (χ1n) is 10.0. The molecule has 0 aromatic carbocycles. The summed E-state index contributed by atoms with van der Waals surface area (Å²) in [4.78, 5) is 10.5. The van der Waals surface area contributed by atoms with E-state index >= 15 is 0 Å². The average Bonchev–Trinajstić information content (AvgIpc) is 3.18. The Morgan fingerprint density at radius 2 is 2.00 bits per heavy atom. The molecule has 0 spiro atoms. The van der Waals surface area contributed by atoms with Crippen LogP contribution in [0.2, 0.25) is 0 Å². The number of rotatable bonds is 13. The van der Waals surface area contributed by atoms with E-state index in [1.807, 2.05) is 0 Å². The molecule has 3 N–H and O–H groups in total. The van der Waals surface area contributed by atoms with Crippen molar-refractivity contribution in [2.75, 3.05) is 13.1 Å². The molecule has 5 atom stereocenters. The van der Waals surface area contributed by atoms with Crippen molar-refractivity contribution in [3.05, 3.63) is 12.2 Å². The summed E-state index contributed by atoms with van der Waals surface area (Å²) in [5, 5.41) is 22.1. The number of aliphatic carboxylic acids is 1. The van der Waals surface area contributed by atoms with Crippen LogP contribution in [-0.4, -0.2) is 47.6 Å². The molecule has 0 amide bonds. The number of carboxylic acid groups (broad SMARTS) is 1. The standard InChI is InChI=1S/C20H35NO4/c1-2-3-8-15(22)13-21-14-17-16(18-11-12-19(17)25-18)9-6-4-5-7-10-20(23)24/h4,6,15-19,21-22H,2-3,5,7-14H2,1H3,(H,23,24)/b6-4-/t15?,16-,17+,18-,19+/m1/s1. The minimum absolute atomic E-state index is 0.243. The highest BCUT2D eigenvalue weighted by atomic mass is 16.5. The second-order valence-corrected chi connectivity index (χ2v) is 7.57. The fourth-order valence-electron chi connectivity index (χ4n) is 4.18. The molecule has 0 aromatic rings. The Morgan fingerprint density at radius 1 is 1.24 bits per heavy atom. The van der Waals surface area contributed by atoms with E-state index in [2.05, 4.69) is 24.4 Å². The highest BCUT2D eigenvalue weighted by molar-refractivity contribution is 5.66. The van der Waals surface area contributed by atoms with E-state index in [0.29, 0.717) is 37.0 Å². The number of allylic oxidation sites excluding steroid dienone is 2. The summed E-state index contributed by atoms with van der Waals surface area (Å²) in [7, 11) is 0. The lowest BCUT2D eigenvalue weighted by molar-refractivity contribution is -0.137. The van der Waals surface area contributed by atoms with Crippen molar-refractivity contribution in [3.8, 4) is 0 Å². The Kier molecular flexibility index (Phi) is 8.93. The van der Waals surface area contributed by atoms with Crippen LogP contribution in [0.15, 0.2) is 12.2 Å². The lowest BCUT2D eigenvalue weighted by Gasteiger charge is -2.28. The molecule has 0 aliphatic carbocycles. The fraction of sp³-hybridized carbons (Fsp3) is 0.850. The van der Waals surface area contributed by atoms with Crippen molar-refractivity contribution < 1.29 is 19.7 Å². The highest BCUT2D eigenvalue weighted by Gasteiger charge is 2.47. The second kappa shape index (κ2) is 10.9. The van der Waals surface area contributed by atoms with Gasteiger partial charge in [-0.2, -0.15) is 0 Å². The zero-order valence-corrected chi connectivity index (χ0v) is 15.5. The Labute approximate surface area is 151 Å². The van der Waals surface area contributed by atoms with Gasteiger partial charge in [0.05, 0.1) is 18.3 Å². The van der Waals surface area contributed by atoms with Crippen molar-refractivity contribution >= 4 is 5.97 Å². The zero-order chi connectivity index (χ0) is 18.1. The summed E-state index contributed by atoms with van der Waals surface area (Å²) < 4.78 is 6.12. The molecule has 0 aromatic heterocycles. The maximum absolute atomic E-state index is 10.5. The number of unbranched alkanes of at least 4 members (excludes halogenated alkanes) is 2. The van der Waals surface area contributed by atoms with Gasteiger partial charge < -0.3 is 20.3 Å². The maximum Gasteiger partial charge on any atom is 0.303 e. The molecular formula is C20H35NO4. The largest absolute Gasteiger partial charge is 0.481 e. The fourth-order valence-corrected chi connectivity index (χ4v) is 4.18. The predicted octanol–water partition coefficient (Wildman–Crippen LogP) is 3.12. The Balaban J connectivity index is 1.69. The van der Waals surface area contributed by atoms with E-state index in [-0.39, 0.29) is 12.5 Å². The quantitative estimate of drug-likeness (QED) is 0.350. The monoisotopic (exact) mass is 353 g/mol. The number of aliphatic hydroxyl groups is 1. The normalized spacial score (nSPS) is 29.5. The number of aliphatic hydroxyl groups excluding tert-OH is 1. The predicted molar refractivity (Wildman–Crippen MR) is 98.5 cm³/mol. The van der Waals surface area contributed by atoms with Gasteiger partial charge in [-0.05, 0) is 44.4 Å². The van der Waals surface area contributed by atoms with E-state index in [9.17, 15) is 9.90 Å². The first-order valence-corrected chi connectivity index (χ1v) is 10.0.